The Morgan fingerprint density at radius 3 is 2.19 bits per heavy atom. The van der Waals surface area contributed by atoms with Gasteiger partial charge in [-0.25, -0.2) is 0 Å². The van der Waals surface area contributed by atoms with Gasteiger partial charge in [-0.3, -0.25) is 9.69 Å². The minimum absolute atomic E-state index is 0.198. The molecule has 21 heavy (non-hydrogen) atoms. The summed E-state index contributed by atoms with van der Waals surface area (Å²) in [6.07, 6.45) is 5.74. The Hall–Kier alpha value is -0.610. The zero-order valence-electron chi connectivity index (χ0n) is 14.5. The molecule has 0 aromatic rings. The molecule has 0 bridgehead atoms. The summed E-state index contributed by atoms with van der Waals surface area (Å²) in [5, 5.41) is 0. The van der Waals surface area contributed by atoms with Crippen molar-refractivity contribution in [2.24, 2.45) is 11.7 Å². The van der Waals surface area contributed by atoms with Crippen LogP contribution in [0.25, 0.3) is 0 Å². The molecular weight excluding hydrogens is 262 g/mol. The van der Waals surface area contributed by atoms with Gasteiger partial charge >= 0.3 is 0 Å². The lowest BCUT2D eigenvalue weighted by Gasteiger charge is -2.37. The fourth-order valence-electron chi connectivity index (χ4n) is 3.50. The van der Waals surface area contributed by atoms with Crippen LogP contribution in [0.4, 0.5) is 0 Å². The molecule has 124 valence electrons. The molecule has 1 rings (SSSR count). The standard InChI is InChI=1S/C17H35N3O/c1-5-19(6-2)17(21)11-16(12-18)20(13-14(3)4)15-9-7-8-10-15/h14-16H,5-13,18H2,1-4H3. The van der Waals surface area contributed by atoms with E-state index in [0.717, 1.165) is 19.6 Å². The van der Waals surface area contributed by atoms with Crippen LogP contribution in [0.2, 0.25) is 0 Å². The fourth-order valence-corrected chi connectivity index (χ4v) is 3.50. The van der Waals surface area contributed by atoms with Gasteiger partial charge in [0.25, 0.3) is 0 Å². The summed E-state index contributed by atoms with van der Waals surface area (Å²) in [5.41, 5.74) is 6.04. The number of hydrogen-bond acceptors (Lipinski definition) is 3. The minimum Gasteiger partial charge on any atom is -0.343 e. The third kappa shape index (κ3) is 5.59. The van der Waals surface area contributed by atoms with Crippen LogP contribution in [0.1, 0.15) is 59.8 Å². The molecule has 1 fully saturated rings. The summed E-state index contributed by atoms with van der Waals surface area (Å²) >= 11 is 0. The Morgan fingerprint density at radius 1 is 1.19 bits per heavy atom. The SMILES string of the molecule is CCN(CC)C(=O)CC(CN)N(CC(C)C)C1CCCC1. The van der Waals surface area contributed by atoms with Crippen LogP contribution in [-0.4, -0.2) is 54.0 Å². The topological polar surface area (TPSA) is 49.6 Å². The highest BCUT2D eigenvalue weighted by Crippen LogP contribution is 2.26. The molecule has 0 saturated heterocycles. The van der Waals surface area contributed by atoms with E-state index in [4.69, 9.17) is 5.73 Å². The van der Waals surface area contributed by atoms with E-state index in [2.05, 4.69) is 18.7 Å². The van der Waals surface area contributed by atoms with Crippen molar-refractivity contribution in [2.45, 2.75) is 71.9 Å². The number of hydrogen-bond donors (Lipinski definition) is 1. The van der Waals surface area contributed by atoms with E-state index in [0.29, 0.717) is 24.9 Å². The van der Waals surface area contributed by atoms with Gasteiger partial charge in [0.15, 0.2) is 0 Å². The van der Waals surface area contributed by atoms with E-state index in [1.165, 1.54) is 25.7 Å². The number of nitrogens with zero attached hydrogens (tertiary/aromatic N) is 2. The van der Waals surface area contributed by atoms with Gasteiger partial charge in [0, 0.05) is 44.7 Å². The lowest BCUT2D eigenvalue weighted by atomic mass is 10.0. The van der Waals surface area contributed by atoms with Gasteiger partial charge in [-0.1, -0.05) is 26.7 Å². The molecule has 0 radical (unpaired) electrons. The van der Waals surface area contributed by atoms with E-state index >= 15 is 0 Å². The second kappa shape index (κ2) is 9.42. The van der Waals surface area contributed by atoms with Crippen LogP contribution < -0.4 is 5.73 Å². The lowest BCUT2D eigenvalue weighted by Crippen LogP contribution is -2.50. The summed E-state index contributed by atoms with van der Waals surface area (Å²) < 4.78 is 0. The third-order valence-corrected chi connectivity index (χ3v) is 4.64. The van der Waals surface area contributed by atoms with Crippen molar-refractivity contribution < 1.29 is 4.79 Å². The van der Waals surface area contributed by atoms with Gasteiger partial charge in [0.1, 0.15) is 0 Å². The van der Waals surface area contributed by atoms with E-state index < -0.39 is 0 Å². The highest BCUT2D eigenvalue weighted by atomic mass is 16.2. The molecule has 0 aliphatic heterocycles. The van der Waals surface area contributed by atoms with Crippen molar-refractivity contribution in [2.75, 3.05) is 26.2 Å². The monoisotopic (exact) mass is 297 g/mol. The molecule has 0 heterocycles. The van der Waals surface area contributed by atoms with Gasteiger partial charge in [-0.2, -0.15) is 0 Å². The van der Waals surface area contributed by atoms with Crippen molar-refractivity contribution in [3.05, 3.63) is 0 Å². The van der Waals surface area contributed by atoms with Gasteiger partial charge in [0.2, 0.25) is 5.91 Å². The lowest BCUT2D eigenvalue weighted by molar-refractivity contribution is -0.132. The van der Waals surface area contributed by atoms with Crippen LogP contribution in [0, 0.1) is 5.92 Å². The highest BCUT2D eigenvalue weighted by molar-refractivity contribution is 5.76. The second-order valence-electron chi connectivity index (χ2n) is 6.69. The highest BCUT2D eigenvalue weighted by Gasteiger charge is 2.30. The normalized spacial score (nSPS) is 17.7. The smallest absolute Gasteiger partial charge is 0.224 e. The summed E-state index contributed by atoms with van der Waals surface area (Å²) in [4.78, 5) is 16.9. The number of nitrogens with two attached hydrogens (primary N) is 1. The van der Waals surface area contributed by atoms with E-state index in [1.807, 2.05) is 18.7 Å². The molecule has 1 aliphatic rings. The van der Waals surface area contributed by atoms with Gasteiger partial charge < -0.3 is 10.6 Å². The maximum absolute atomic E-state index is 12.4. The Labute approximate surface area is 131 Å². The first-order valence-electron chi connectivity index (χ1n) is 8.76. The predicted octanol–water partition coefficient (Wildman–Crippen LogP) is 2.47. The average molecular weight is 297 g/mol. The first-order chi connectivity index (χ1) is 10.0. The van der Waals surface area contributed by atoms with Crippen LogP contribution >= 0.6 is 0 Å². The summed E-state index contributed by atoms with van der Waals surface area (Å²) in [5.74, 6) is 0.866. The Morgan fingerprint density at radius 2 is 1.76 bits per heavy atom. The zero-order chi connectivity index (χ0) is 15.8. The van der Waals surface area contributed by atoms with Crippen LogP contribution in [0.15, 0.2) is 0 Å². The molecule has 0 aromatic heterocycles. The van der Waals surface area contributed by atoms with Gasteiger partial charge in [0.05, 0.1) is 0 Å². The molecule has 4 heteroatoms. The molecule has 1 aliphatic carbocycles. The number of carbonyl (C=O) groups is 1. The van der Waals surface area contributed by atoms with Crippen molar-refractivity contribution in [3.8, 4) is 0 Å². The first-order valence-corrected chi connectivity index (χ1v) is 8.76. The molecule has 1 amide bonds. The Bertz CT molecular complexity index is 296. The molecule has 2 N–H and O–H groups in total. The molecular formula is C17H35N3O. The quantitative estimate of drug-likeness (QED) is 0.711. The van der Waals surface area contributed by atoms with Crippen LogP contribution in [0.5, 0.6) is 0 Å². The summed E-state index contributed by atoms with van der Waals surface area (Å²) in [7, 11) is 0. The third-order valence-electron chi connectivity index (χ3n) is 4.64. The average Bonchev–Trinajstić information content (AvgIpc) is 2.97. The summed E-state index contributed by atoms with van der Waals surface area (Å²) in [6, 6.07) is 0.828. The Kier molecular flexibility index (Phi) is 8.27. The van der Waals surface area contributed by atoms with Gasteiger partial charge in [-0.05, 0) is 32.6 Å². The molecule has 0 spiro atoms. The number of carbonyl (C=O) groups excluding carboxylic acids is 1. The van der Waals surface area contributed by atoms with Crippen molar-refractivity contribution in [1.29, 1.82) is 0 Å². The summed E-state index contributed by atoms with van der Waals surface area (Å²) in [6.45, 7) is 11.8. The molecule has 4 nitrogen and oxygen atoms in total. The predicted molar refractivity (Wildman–Crippen MR) is 89.2 cm³/mol. The van der Waals surface area contributed by atoms with E-state index in [9.17, 15) is 4.79 Å². The fraction of sp³-hybridized carbons (Fsp3) is 0.941. The largest absolute Gasteiger partial charge is 0.343 e. The Balaban J connectivity index is 2.73. The van der Waals surface area contributed by atoms with Crippen molar-refractivity contribution in [3.63, 3.8) is 0 Å². The van der Waals surface area contributed by atoms with E-state index in [-0.39, 0.29) is 11.9 Å². The van der Waals surface area contributed by atoms with Crippen LogP contribution in [0.3, 0.4) is 0 Å². The van der Waals surface area contributed by atoms with Gasteiger partial charge in [-0.15, -0.1) is 0 Å². The zero-order valence-corrected chi connectivity index (χ0v) is 14.5. The second-order valence-corrected chi connectivity index (χ2v) is 6.69. The molecule has 1 atom stereocenters. The molecule has 1 saturated carbocycles. The number of rotatable bonds is 9. The van der Waals surface area contributed by atoms with E-state index in [1.54, 1.807) is 0 Å². The first kappa shape index (κ1) is 18.4. The minimum atomic E-state index is 0.198. The number of amides is 1. The van der Waals surface area contributed by atoms with Crippen LogP contribution in [-0.2, 0) is 4.79 Å². The molecule has 1 unspecified atom stereocenters. The van der Waals surface area contributed by atoms with Crippen molar-refractivity contribution >= 4 is 5.91 Å². The maximum Gasteiger partial charge on any atom is 0.224 e. The molecule has 0 aromatic carbocycles. The van der Waals surface area contributed by atoms with Crippen molar-refractivity contribution in [1.82, 2.24) is 9.80 Å². The maximum atomic E-state index is 12.4.